The van der Waals surface area contributed by atoms with Gasteiger partial charge in [-0.05, 0) is 24.3 Å². The summed E-state index contributed by atoms with van der Waals surface area (Å²) in [6.07, 6.45) is 1.30. The Bertz CT molecular complexity index is 910. The molecule has 0 saturated carbocycles. The summed E-state index contributed by atoms with van der Waals surface area (Å²) in [5, 5.41) is 20.5. The van der Waals surface area contributed by atoms with Crippen LogP contribution in [0.3, 0.4) is 0 Å². The molecule has 0 unspecified atom stereocenters. The van der Waals surface area contributed by atoms with Gasteiger partial charge in [0.25, 0.3) is 11.6 Å². The van der Waals surface area contributed by atoms with E-state index >= 15 is 0 Å². The number of piperazine rings is 1. The number of carbonyl (C=O) groups excluding carboxylic acids is 1. The van der Waals surface area contributed by atoms with E-state index in [1.165, 1.54) is 18.2 Å². The highest BCUT2D eigenvalue weighted by atomic mass is 16.6. The van der Waals surface area contributed by atoms with Gasteiger partial charge < -0.3 is 9.80 Å². The molecule has 1 aliphatic heterocycles. The third-order valence-electron chi connectivity index (χ3n) is 4.47. The Morgan fingerprint density at radius 2 is 1.67 bits per heavy atom. The summed E-state index contributed by atoms with van der Waals surface area (Å²) in [6.45, 7) is 2.31. The fraction of sp³-hybridized carbons (Fsp3) is 0.200. The molecule has 1 saturated heterocycles. The van der Waals surface area contributed by atoms with E-state index < -0.39 is 10.8 Å². The number of hydrogen-bond donors (Lipinski definition) is 0. The number of nitriles is 1. The largest absolute Gasteiger partial charge is 0.368 e. The SMILES string of the molecule is N#C/C(=C\c1ccccc1[N+](=O)[O-])C(=O)N1CCN(c2ccccc2)CC1. The van der Waals surface area contributed by atoms with E-state index in [2.05, 4.69) is 4.90 Å². The van der Waals surface area contributed by atoms with Crippen molar-refractivity contribution in [2.24, 2.45) is 0 Å². The van der Waals surface area contributed by atoms with Crippen LogP contribution in [-0.2, 0) is 4.79 Å². The van der Waals surface area contributed by atoms with Crippen LogP contribution in [0.25, 0.3) is 6.08 Å². The molecule has 1 amide bonds. The molecule has 0 bridgehead atoms. The molecule has 1 aliphatic rings. The first-order chi connectivity index (χ1) is 13.1. The van der Waals surface area contributed by atoms with Crippen LogP contribution in [0.15, 0.2) is 60.2 Å². The van der Waals surface area contributed by atoms with Crippen LogP contribution in [0.2, 0.25) is 0 Å². The number of rotatable bonds is 4. The number of benzene rings is 2. The zero-order valence-corrected chi connectivity index (χ0v) is 14.6. The van der Waals surface area contributed by atoms with Gasteiger partial charge in [0.2, 0.25) is 0 Å². The summed E-state index contributed by atoms with van der Waals surface area (Å²) in [4.78, 5) is 27.1. The molecule has 136 valence electrons. The molecule has 0 atom stereocenters. The van der Waals surface area contributed by atoms with Gasteiger partial charge in [-0.1, -0.05) is 30.3 Å². The van der Waals surface area contributed by atoms with Gasteiger partial charge in [0, 0.05) is 37.9 Å². The van der Waals surface area contributed by atoms with E-state index in [0.717, 1.165) is 5.69 Å². The Hall–Kier alpha value is -3.66. The molecule has 27 heavy (non-hydrogen) atoms. The summed E-state index contributed by atoms with van der Waals surface area (Å²) in [5.74, 6) is -0.400. The fourth-order valence-corrected chi connectivity index (χ4v) is 3.05. The molecule has 0 aromatic heterocycles. The van der Waals surface area contributed by atoms with Crippen LogP contribution in [-0.4, -0.2) is 41.9 Å². The van der Waals surface area contributed by atoms with Crippen molar-refractivity contribution < 1.29 is 9.72 Å². The zero-order chi connectivity index (χ0) is 19.2. The second kappa shape index (κ2) is 8.15. The molecule has 0 N–H and O–H groups in total. The predicted octanol–water partition coefficient (Wildman–Crippen LogP) is 2.85. The molecule has 1 fully saturated rings. The van der Waals surface area contributed by atoms with Crippen molar-refractivity contribution in [2.75, 3.05) is 31.1 Å². The summed E-state index contributed by atoms with van der Waals surface area (Å²) < 4.78 is 0. The molecular weight excluding hydrogens is 344 g/mol. The highest BCUT2D eigenvalue weighted by Gasteiger charge is 2.24. The quantitative estimate of drug-likeness (QED) is 0.361. The number of para-hydroxylation sites is 2. The highest BCUT2D eigenvalue weighted by Crippen LogP contribution is 2.22. The van der Waals surface area contributed by atoms with Crippen molar-refractivity contribution in [3.8, 4) is 6.07 Å². The van der Waals surface area contributed by atoms with Gasteiger partial charge in [-0.25, -0.2) is 0 Å². The van der Waals surface area contributed by atoms with Crippen molar-refractivity contribution in [3.63, 3.8) is 0 Å². The minimum atomic E-state index is -0.524. The maximum absolute atomic E-state index is 12.7. The maximum Gasteiger partial charge on any atom is 0.276 e. The minimum absolute atomic E-state index is 0.0996. The number of nitro groups is 1. The van der Waals surface area contributed by atoms with E-state index in [-0.39, 0.29) is 16.8 Å². The van der Waals surface area contributed by atoms with Crippen molar-refractivity contribution in [1.82, 2.24) is 4.90 Å². The predicted molar refractivity (Wildman–Crippen MR) is 102 cm³/mol. The first kappa shape index (κ1) is 18.1. The molecule has 1 heterocycles. The maximum atomic E-state index is 12.7. The van der Waals surface area contributed by atoms with Crippen LogP contribution in [0, 0.1) is 21.4 Å². The lowest BCUT2D eigenvalue weighted by Gasteiger charge is -2.36. The molecule has 2 aromatic rings. The summed E-state index contributed by atoms with van der Waals surface area (Å²) >= 11 is 0. The molecule has 0 radical (unpaired) electrons. The third-order valence-corrected chi connectivity index (χ3v) is 4.47. The lowest BCUT2D eigenvalue weighted by Crippen LogP contribution is -2.49. The van der Waals surface area contributed by atoms with Crippen LogP contribution < -0.4 is 4.90 Å². The Morgan fingerprint density at radius 3 is 2.30 bits per heavy atom. The summed E-state index contributed by atoms with van der Waals surface area (Å²) in [6, 6.07) is 17.9. The molecule has 3 rings (SSSR count). The van der Waals surface area contributed by atoms with Crippen LogP contribution in [0.5, 0.6) is 0 Å². The molecule has 0 spiro atoms. The second-order valence-corrected chi connectivity index (χ2v) is 6.10. The smallest absolute Gasteiger partial charge is 0.276 e. The van der Waals surface area contributed by atoms with Gasteiger partial charge in [0.1, 0.15) is 11.6 Å². The van der Waals surface area contributed by atoms with Crippen molar-refractivity contribution in [3.05, 3.63) is 75.8 Å². The Kier molecular flexibility index (Phi) is 5.47. The average molecular weight is 362 g/mol. The van der Waals surface area contributed by atoms with Crippen LogP contribution in [0.4, 0.5) is 11.4 Å². The normalized spacial score (nSPS) is 14.6. The molecule has 0 aliphatic carbocycles. The minimum Gasteiger partial charge on any atom is -0.368 e. The van der Waals surface area contributed by atoms with Gasteiger partial charge in [0.05, 0.1) is 10.5 Å². The van der Waals surface area contributed by atoms with Crippen molar-refractivity contribution in [1.29, 1.82) is 5.26 Å². The van der Waals surface area contributed by atoms with Gasteiger partial charge in [-0.3, -0.25) is 14.9 Å². The van der Waals surface area contributed by atoms with Gasteiger partial charge in [-0.2, -0.15) is 5.26 Å². The number of amides is 1. The first-order valence-corrected chi connectivity index (χ1v) is 8.54. The monoisotopic (exact) mass is 362 g/mol. The van der Waals surface area contributed by atoms with Gasteiger partial charge in [0.15, 0.2) is 0 Å². The van der Waals surface area contributed by atoms with E-state index in [9.17, 15) is 20.2 Å². The molecule has 7 heteroatoms. The Labute approximate surface area is 156 Å². The number of nitrogens with zero attached hydrogens (tertiary/aromatic N) is 4. The van der Waals surface area contributed by atoms with Gasteiger partial charge in [-0.15, -0.1) is 0 Å². The Balaban J connectivity index is 1.73. The topological polar surface area (TPSA) is 90.5 Å². The van der Waals surface area contributed by atoms with E-state index in [4.69, 9.17) is 0 Å². The highest BCUT2D eigenvalue weighted by molar-refractivity contribution is 6.02. The number of anilines is 1. The fourth-order valence-electron chi connectivity index (χ4n) is 3.05. The summed E-state index contributed by atoms with van der Waals surface area (Å²) in [7, 11) is 0. The molecular formula is C20H18N4O3. The van der Waals surface area contributed by atoms with E-state index in [1.807, 2.05) is 36.4 Å². The number of carbonyl (C=O) groups is 1. The van der Waals surface area contributed by atoms with Gasteiger partial charge >= 0.3 is 0 Å². The van der Waals surface area contributed by atoms with E-state index in [1.54, 1.807) is 17.0 Å². The molecule has 7 nitrogen and oxygen atoms in total. The second-order valence-electron chi connectivity index (χ2n) is 6.10. The first-order valence-electron chi connectivity index (χ1n) is 8.54. The standard InChI is InChI=1S/C20H18N4O3/c21-15-17(14-16-6-4-5-9-19(16)24(26)27)20(25)23-12-10-22(11-13-23)18-7-2-1-3-8-18/h1-9,14H,10-13H2/b17-14+. The number of hydrogen-bond acceptors (Lipinski definition) is 5. The van der Waals surface area contributed by atoms with Crippen LogP contribution in [0.1, 0.15) is 5.56 Å². The zero-order valence-electron chi connectivity index (χ0n) is 14.6. The lowest BCUT2D eigenvalue weighted by atomic mass is 10.1. The number of nitro benzene ring substituents is 1. The Morgan fingerprint density at radius 1 is 1.04 bits per heavy atom. The van der Waals surface area contributed by atoms with Crippen molar-refractivity contribution >= 4 is 23.4 Å². The lowest BCUT2D eigenvalue weighted by molar-refractivity contribution is -0.385. The van der Waals surface area contributed by atoms with Crippen LogP contribution >= 0.6 is 0 Å². The summed E-state index contributed by atoms with van der Waals surface area (Å²) in [5.41, 5.74) is 1.11. The average Bonchev–Trinajstić information content (AvgIpc) is 2.72. The van der Waals surface area contributed by atoms with E-state index in [0.29, 0.717) is 26.2 Å². The molecule has 2 aromatic carbocycles. The van der Waals surface area contributed by atoms with Crippen molar-refractivity contribution in [2.45, 2.75) is 0 Å². The third kappa shape index (κ3) is 4.12.